The second-order valence-electron chi connectivity index (χ2n) is 6.54. The Morgan fingerprint density at radius 2 is 2.21 bits per heavy atom. The number of carbonyl (C=O) groups excluding carboxylic acids is 1. The Morgan fingerprint density at radius 3 is 2.88 bits per heavy atom. The van der Waals surface area contributed by atoms with Crippen LogP contribution in [0, 0.1) is 12.8 Å². The quantitative estimate of drug-likeness (QED) is 0.795. The summed E-state index contributed by atoms with van der Waals surface area (Å²) in [6.45, 7) is 8.02. The molecule has 0 fully saturated rings. The van der Waals surface area contributed by atoms with Crippen LogP contribution in [0.5, 0.6) is 0 Å². The van der Waals surface area contributed by atoms with Crippen LogP contribution in [0.15, 0.2) is 4.79 Å². The van der Waals surface area contributed by atoms with Gasteiger partial charge in [0.25, 0.3) is 5.56 Å². The molecule has 0 bridgehead atoms. The van der Waals surface area contributed by atoms with Gasteiger partial charge in [0, 0.05) is 4.88 Å². The van der Waals surface area contributed by atoms with Crippen LogP contribution < -0.4 is 5.56 Å². The van der Waals surface area contributed by atoms with Crippen LogP contribution in [0.25, 0.3) is 10.2 Å². The molecule has 24 heavy (non-hydrogen) atoms. The molecule has 2 aromatic heterocycles. The molecular weight excluding hydrogens is 324 g/mol. The summed E-state index contributed by atoms with van der Waals surface area (Å²) >= 11 is 1.64. The van der Waals surface area contributed by atoms with Crippen molar-refractivity contribution in [3.8, 4) is 0 Å². The summed E-state index contributed by atoms with van der Waals surface area (Å²) in [4.78, 5) is 32.2. The maximum absolute atomic E-state index is 13.2. The predicted octanol–water partition coefficient (Wildman–Crippen LogP) is 3.41. The van der Waals surface area contributed by atoms with E-state index in [1.165, 1.54) is 9.44 Å². The molecule has 0 aromatic carbocycles. The molecule has 2 aromatic rings. The monoisotopic (exact) mass is 348 g/mol. The standard InChI is InChI=1S/C18H24N2O3S/c1-5-13(18(22)23-6-2)20-11(4)19-16-15(17(20)21)12-8-7-10(3)9-14(12)24-16/h10,13H,5-9H2,1-4H3. The summed E-state index contributed by atoms with van der Waals surface area (Å²) in [6.07, 6.45) is 3.55. The van der Waals surface area contributed by atoms with E-state index in [0.717, 1.165) is 35.0 Å². The summed E-state index contributed by atoms with van der Waals surface area (Å²) in [5, 5.41) is 0.718. The first-order valence-corrected chi connectivity index (χ1v) is 9.49. The van der Waals surface area contributed by atoms with Gasteiger partial charge >= 0.3 is 5.97 Å². The van der Waals surface area contributed by atoms with E-state index < -0.39 is 6.04 Å². The van der Waals surface area contributed by atoms with E-state index in [0.29, 0.717) is 24.8 Å². The van der Waals surface area contributed by atoms with Crippen molar-refractivity contribution >= 4 is 27.5 Å². The van der Waals surface area contributed by atoms with Gasteiger partial charge in [-0.05, 0) is 51.0 Å². The Bertz CT molecular complexity index is 837. The van der Waals surface area contributed by atoms with E-state index in [9.17, 15) is 9.59 Å². The lowest BCUT2D eigenvalue weighted by Gasteiger charge is -2.20. The number of hydrogen-bond acceptors (Lipinski definition) is 5. The van der Waals surface area contributed by atoms with E-state index in [-0.39, 0.29) is 11.5 Å². The molecule has 1 aliphatic rings. The third kappa shape index (κ3) is 2.77. The van der Waals surface area contributed by atoms with Gasteiger partial charge in [0.15, 0.2) is 0 Å². The van der Waals surface area contributed by atoms with Crippen molar-refractivity contribution in [1.82, 2.24) is 9.55 Å². The van der Waals surface area contributed by atoms with Crippen LogP contribution in [0.4, 0.5) is 0 Å². The Labute approximate surface area is 145 Å². The van der Waals surface area contributed by atoms with Crippen molar-refractivity contribution < 1.29 is 9.53 Å². The fraction of sp³-hybridized carbons (Fsp3) is 0.611. The number of rotatable bonds is 4. The Kier molecular flexibility index (Phi) is 4.76. The third-order valence-electron chi connectivity index (χ3n) is 4.79. The lowest BCUT2D eigenvalue weighted by molar-refractivity contribution is -0.147. The van der Waals surface area contributed by atoms with E-state index >= 15 is 0 Å². The van der Waals surface area contributed by atoms with Crippen molar-refractivity contribution in [3.63, 3.8) is 0 Å². The van der Waals surface area contributed by atoms with E-state index in [1.807, 2.05) is 6.92 Å². The van der Waals surface area contributed by atoms with E-state index in [4.69, 9.17) is 4.74 Å². The summed E-state index contributed by atoms with van der Waals surface area (Å²) in [7, 11) is 0. The van der Waals surface area contributed by atoms with Crippen molar-refractivity contribution in [1.29, 1.82) is 0 Å². The molecule has 130 valence electrons. The van der Waals surface area contributed by atoms with Crippen molar-refractivity contribution in [2.75, 3.05) is 6.61 Å². The van der Waals surface area contributed by atoms with E-state index in [2.05, 4.69) is 11.9 Å². The topological polar surface area (TPSA) is 61.2 Å². The fourth-order valence-corrected chi connectivity index (χ4v) is 4.98. The van der Waals surface area contributed by atoms with Crippen LogP contribution in [-0.4, -0.2) is 22.1 Å². The minimum Gasteiger partial charge on any atom is -0.464 e. The highest BCUT2D eigenvalue weighted by atomic mass is 32.1. The van der Waals surface area contributed by atoms with Gasteiger partial charge in [0.05, 0.1) is 12.0 Å². The molecule has 0 aliphatic heterocycles. The van der Waals surface area contributed by atoms with Crippen LogP contribution >= 0.6 is 11.3 Å². The van der Waals surface area contributed by atoms with Gasteiger partial charge in [0.2, 0.25) is 0 Å². The highest BCUT2D eigenvalue weighted by Crippen LogP contribution is 2.36. The molecule has 0 amide bonds. The molecule has 6 heteroatoms. The van der Waals surface area contributed by atoms with Gasteiger partial charge in [-0.3, -0.25) is 9.36 Å². The molecule has 1 aliphatic carbocycles. The first-order chi connectivity index (χ1) is 11.5. The van der Waals surface area contributed by atoms with Gasteiger partial charge in [-0.2, -0.15) is 0 Å². The number of aromatic nitrogens is 2. The highest BCUT2D eigenvalue weighted by molar-refractivity contribution is 7.18. The van der Waals surface area contributed by atoms with Gasteiger partial charge in [-0.15, -0.1) is 11.3 Å². The summed E-state index contributed by atoms with van der Waals surface area (Å²) in [5.74, 6) is 0.875. The number of nitrogens with zero attached hydrogens (tertiary/aromatic N) is 2. The second-order valence-corrected chi connectivity index (χ2v) is 7.63. The van der Waals surface area contributed by atoms with Crippen LogP contribution in [0.3, 0.4) is 0 Å². The number of hydrogen-bond donors (Lipinski definition) is 0. The van der Waals surface area contributed by atoms with Crippen LogP contribution in [-0.2, 0) is 22.4 Å². The largest absolute Gasteiger partial charge is 0.464 e. The van der Waals surface area contributed by atoms with Crippen molar-refractivity contribution in [2.24, 2.45) is 5.92 Å². The predicted molar refractivity (Wildman–Crippen MR) is 95.8 cm³/mol. The smallest absolute Gasteiger partial charge is 0.329 e. The Morgan fingerprint density at radius 1 is 1.46 bits per heavy atom. The number of esters is 1. The van der Waals surface area contributed by atoms with Crippen molar-refractivity contribution in [2.45, 2.75) is 59.4 Å². The summed E-state index contributed by atoms with van der Waals surface area (Å²) < 4.78 is 6.69. The lowest BCUT2D eigenvalue weighted by atomic mass is 9.89. The molecule has 0 saturated heterocycles. The molecule has 2 atom stereocenters. The first kappa shape index (κ1) is 17.1. The van der Waals surface area contributed by atoms with Gasteiger partial charge in [-0.1, -0.05) is 13.8 Å². The normalized spacial score (nSPS) is 18.4. The molecule has 2 unspecified atom stereocenters. The number of fused-ring (bicyclic) bond motifs is 3. The third-order valence-corrected chi connectivity index (χ3v) is 5.94. The minimum absolute atomic E-state index is 0.0931. The van der Waals surface area contributed by atoms with Gasteiger partial charge < -0.3 is 4.74 Å². The Balaban J connectivity index is 2.19. The summed E-state index contributed by atoms with van der Waals surface area (Å²) in [5.41, 5.74) is 1.06. The summed E-state index contributed by atoms with van der Waals surface area (Å²) in [6, 6.07) is -0.604. The number of thiophene rings is 1. The molecule has 0 saturated carbocycles. The fourth-order valence-electron chi connectivity index (χ4n) is 3.56. The van der Waals surface area contributed by atoms with Crippen LogP contribution in [0.2, 0.25) is 0 Å². The van der Waals surface area contributed by atoms with Crippen LogP contribution in [0.1, 0.15) is 55.9 Å². The zero-order valence-corrected chi connectivity index (χ0v) is 15.5. The zero-order chi connectivity index (χ0) is 17.4. The lowest BCUT2D eigenvalue weighted by Crippen LogP contribution is -2.33. The molecule has 5 nitrogen and oxygen atoms in total. The number of aryl methyl sites for hydroxylation is 2. The molecule has 0 spiro atoms. The van der Waals surface area contributed by atoms with E-state index in [1.54, 1.807) is 25.2 Å². The first-order valence-electron chi connectivity index (χ1n) is 8.67. The average Bonchev–Trinajstić information content (AvgIpc) is 2.88. The number of ether oxygens (including phenoxy) is 1. The van der Waals surface area contributed by atoms with Crippen molar-refractivity contribution in [3.05, 3.63) is 26.6 Å². The SMILES string of the molecule is CCOC(=O)C(CC)n1c(C)nc2sc3c(c2c1=O)CCC(C)C3. The number of carbonyl (C=O) groups is 1. The maximum Gasteiger partial charge on any atom is 0.329 e. The minimum atomic E-state index is -0.604. The maximum atomic E-state index is 13.2. The molecule has 0 radical (unpaired) electrons. The highest BCUT2D eigenvalue weighted by Gasteiger charge is 2.28. The molecule has 0 N–H and O–H groups in total. The van der Waals surface area contributed by atoms with Gasteiger partial charge in [0.1, 0.15) is 16.7 Å². The molecule has 2 heterocycles. The van der Waals surface area contributed by atoms with Gasteiger partial charge in [-0.25, -0.2) is 9.78 Å². The molecule has 3 rings (SSSR count). The zero-order valence-electron chi connectivity index (χ0n) is 14.7. The second kappa shape index (κ2) is 6.67. The average molecular weight is 348 g/mol. The molecular formula is C18H24N2O3S. The Hall–Kier alpha value is -1.69.